The molecule has 0 aliphatic heterocycles. The van der Waals surface area contributed by atoms with E-state index in [0.29, 0.717) is 5.71 Å². The standard InChI is InChI=1S/C25H28N3O/c1-15-18(17-9-13-26-14-28(17)6)22-19(16-8-7-12-27-23(16)29-22)21-20(15)24(2,3)10-11-25(21,4)5/h7-9,12-14H,10-11H2,1-6H3/q+1. The second-order valence-corrected chi connectivity index (χ2v) is 9.76. The van der Waals surface area contributed by atoms with Gasteiger partial charge in [0.15, 0.2) is 0 Å². The van der Waals surface area contributed by atoms with Gasteiger partial charge < -0.3 is 4.42 Å². The second kappa shape index (κ2) is 5.88. The SMILES string of the molecule is Cc1c2c(c3c(oc4ncccc43)c1-c1ccnc[n+]1C)C(C)(C)CCC2(C)C. The van der Waals surface area contributed by atoms with Crippen LogP contribution in [0.15, 0.2) is 41.3 Å². The quantitative estimate of drug-likeness (QED) is 0.404. The van der Waals surface area contributed by atoms with E-state index in [9.17, 15) is 0 Å². The number of pyridine rings is 1. The van der Waals surface area contributed by atoms with Gasteiger partial charge in [0.05, 0.1) is 12.6 Å². The van der Waals surface area contributed by atoms with Crippen molar-refractivity contribution in [1.29, 1.82) is 0 Å². The molecule has 4 heteroatoms. The monoisotopic (exact) mass is 386 g/mol. The van der Waals surface area contributed by atoms with Crippen LogP contribution in [-0.2, 0) is 17.9 Å². The van der Waals surface area contributed by atoms with Crippen LogP contribution in [0.3, 0.4) is 0 Å². The van der Waals surface area contributed by atoms with E-state index in [1.165, 1.54) is 28.5 Å². The molecule has 0 bridgehead atoms. The summed E-state index contributed by atoms with van der Waals surface area (Å²) in [7, 11) is 2.04. The smallest absolute Gasteiger partial charge is 0.286 e. The summed E-state index contributed by atoms with van der Waals surface area (Å²) in [5.41, 5.74) is 8.35. The van der Waals surface area contributed by atoms with Crippen LogP contribution in [0.2, 0.25) is 0 Å². The molecule has 29 heavy (non-hydrogen) atoms. The van der Waals surface area contributed by atoms with E-state index in [1.54, 1.807) is 0 Å². The number of aryl methyl sites for hydroxylation is 1. The molecular formula is C25H28N3O+. The highest BCUT2D eigenvalue weighted by atomic mass is 16.3. The molecule has 0 amide bonds. The minimum Gasteiger partial charge on any atom is -0.437 e. The van der Waals surface area contributed by atoms with Crippen molar-refractivity contribution in [2.75, 3.05) is 0 Å². The molecule has 0 unspecified atom stereocenters. The topological polar surface area (TPSA) is 42.8 Å². The Balaban J connectivity index is 2.09. The van der Waals surface area contributed by atoms with E-state index in [1.807, 2.05) is 31.8 Å². The molecule has 1 aromatic carbocycles. The summed E-state index contributed by atoms with van der Waals surface area (Å²) < 4.78 is 8.54. The third-order valence-electron chi connectivity index (χ3n) is 6.87. The van der Waals surface area contributed by atoms with Gasteiger partial charge in [-0.3, -0.25) is 0 Å². The van der Waals surface area contributed by atoms with Crippen LogP contribution in [0, 0.1) is 6.92 Å². The summed E-state index contributed by atoms with van der Waals surface area (Å²) in [6.07, 6.45) is 7.86. The van der Waals surface area contributed by atoms with E-state index in [2.05, 4.69) is 61.3 Å². The largest absolute Gasteiger partial charge is 0.437 e. The first-order valence-electron chi connectivity index (χ1n) is 10.4. The van der Waals surface area contributed by atoms with Crippen molar-refractivity contribution >= 4 is 22.1 Å². The lowest BCUT2D eigenvalue weighted by Gasteiger charge is -2.43. The number of nitrogens with zero attached hydrogens (tertiary/aromatic N) is 3. The lowest BCUT2D eigenvalue weighted by Crippen LogP contribution is -2.36. The van der Waals surface area contributed by atoms with Crippen LogP contribution >= 0.6 is 0 Å². The van der Waals surface area contributed by atoms with Gasteiger partial charge in [-0.15, -0.1) is 0 Å². The van der Waals surface area contributed by atoms with Crippen molar-refractivity contribution in [2.24, 2.45) is 7.05 Å². The summed E-state index contributed by atoms with van der Waals surface area (Å²) in [6, 6.07) is 6.24. The van der Waals surface area contributed by atoms with Crippen molar-refractivity contribution in [3.8, 4) is 11.3 Å². The zero-order valence-electron chi connectivity index (χ0n) is 18.1. The molecule has 3 aromatic heterocycles. The highest BCUT2D eigenvalue weighted by Crippen LogP contribution is 2.53. The molecule has 0 fully saturated rings. The predicted molar refractivity (Wildman–Crippen MR) is 116 cm³/mol. The molecule has 148 valence electrons. The number of hydrogen-bond donors (Lipinski definition) is 0. The van der Waals surface area contributed by atoms with E-state index in [4.69, 9.17) is 4.42 Å². The van der Waals surface area contributed by atoms with Crippen LogP contribution in [0.25, 0.3) is 33.3 Å². The Morgan fingerprint density at radius 3 is 2.45 bits per heavy atom. The third kappa shape index (κ3) is 2.48. The first-order chi connectivity index (χ1) is 13.7. The molecule has 3 heterocycles. The van der Waals surface area contributed by atoms with Gasteiger partial charge in [0.25, 0.3) is 6.33 Å². The van der Waals surface area contributed by atoms with Crippen LogP contribution in [-0.4, -0.2) is 9.97 Å². The normalized spacial score (nSPS) is 17.6. The molecule has 0 spiro atoms. The van der Waals surface area contributed by atoms with E-state index in [-0.39, 0.29) is 10.8 Å². The summed E-state index contributed by atoms with van der Waals surface area (Å²) in [5, 5.41) is 2.35. The predicted octanol–water partition coefficient (Wildman–Crippen LogP) is 5.52. The van der Waals surface area contributed by atoms with Crippen LogP contribution in [0.5, 0.6) is 0 Å². The fourth-order valence-electron chi connectivity index (χ4n) is 5.36. The van der Waals surface area contributed by atoms with E-state index < -0.39 is 0 Å². The average molecular weight is 387 g/mol. The van der Waals surface area contributed by atoms with Gasteiger partial charge in [-0.1, -0.05) is 32.7 Å². The Labute approximate surface area is 171 Å². The van der Waals surface area contributed by atoms with E-state index >= 15 is 0 Å². The highest BCUT2D eigenvalue weighted by molar-refractivity contribution is 6.12. The van der Waals surface area contributed by atoms with Gasteiger partial charge in [-0.25, -0.2) is 9.55 Å². The van der Waals surface area contributed by atoms with Crippen LogP contribution in [0.4, 0.5) is 0 Å². The molecular weight excluding hydrogens is 358 g/mol. The molecule has 0 saturated carbocycles. The minimum atomic E-state index is 0.0828. The first-order valence-corrected chi connectivity index (χ1v) is 10.4. The Bertz CT molecular complexity index is 1280. The second-order valence-electron chi connectivity index (χ2n) is 9.76. The van der Waals surface area contributed by atoms with Crippen LogP contribution in [0.1, 0.15) is 57.2 Å². The fourth-order valence-corrected chi connectivity index (χ4v) is 5.36. The summed E-state index contributed by atoms with van der Waals surface area (Å²) >= 11 is 0. The van der Waals surface area contributed by atoms with Crippen LogP contribution < -0.4 is 4.57 Å². The van der Waals surface area contributed by atoms with Gasteiger partial charge in [0.2, 0.25) is 5.71 Å². The molecule has 1 aliphatic carbocycles. The number of benzene rings is 1. The number of fused-ring (bicyclic) bond motifs is 5. The highest BCUT2D eigenvalue weighted by Gasteiger charge is 2.42. The number of aromatic nitrogens is 3. The van der Waals surface area contributed by atoms with Gasteiger partial charge in [0, 0.05) is 23.0 Å². The molecule has 0 N–H and O–H groups in total. The lowest BCUT2D eigenvalue weighted by molar-refractivity contribution is -0.663. The van der Waals surface area contributed by atoms with Crippen molar-refractivity contribution in [3.63, 3.8) is 0 Å². The number of furan rings is 1. The molecule has 0 radical (unpaired) electrons. The Morgan fingerprint density at radius 1 is 1.00 bits per heavy atom. The van der Waals surface area contributed by atoms with Crippen molar-refractivity contribution in [1.82, 2.24) is 9.97 Å². The van der Waals surface area contributed by atoms with Gasteiger partial charge >= 0.3 is 0 Å². The third-order valence-corrected chi connectivity index (χ3v) is 6.87. The number of rotatable bonds is 1. The maximum absolute atomic E-state index is 6.46. The van der Waals surface area contributed by atoms with Crippen molar-refractivity contribution in [3.05, 3.63) is 53.6 Å². The molecule has 4 nitrogen and oxygen atoms in total. The summed E-state index contributed by atoms with van der Waals surface area (Å²) in [4.78, 5) is 8.83. The maximum Gasteiger partial charge on any atom is 0.286 e. The molecule has 0 atom stereocenters. The maximum atomic E-state index is 6.46. The fraction of sp³-hybridized carbons (Fsp3) is 0.400. The average Bonchev–Trinajstić information content (AvgIpc) is 3.04. The molecule has 0 saturated heterocycles. The van der Waals surface area contributed by atoms with E-state index in [0.717, 1.165) is 28.6 Å². The Morgan fingerprint density at radius 2 is 1.72 bits per heavy atom. The zero-order valence-corrected chi connectivity index (χ0v) is 18.1. The summed E-state index contributed by atoms with van der Waals surface area (Å²) in [5.74, 6) is 0. The molecule has 5 rings (SSSR count). The van der Waals surface area contributed by atoms with Gasteiger partial charge in [0.1, 0.15) is 17.5 Å². The Kier molecular flexibility index (Phi) is 3.71. The Hall–Kier alpha value is -2.75. The summed E-state index contributed by atoms with van der Waals surface area (Å²) in [6.45, 7) is 11.8. The number of hydrogen-bond acceptors (Lipinski definition) is 3. The first kappa shape index (κ1) is 18.3. The van der Waals surface area contributed by atoms with Crippen molar-refractivity contribution in [2.45, 2.75) is 58.3 Å². The molecule has 4 aromatic rings. The van der Waals surface area contributed by atoms with Gasteiger partial charge in [-0.2, -0.15) is 0 Å². The zero-order chi connectivity index (χ0) is 20.6. The van der Waals surface area contributed by atoms with Gasteiger partial charge in [-0.05, 0) is 59.4 Å². The lowest BCUT2D eigenvalue weighted by atomic mass is 9.60. The van der Waals surface area contributed by atoms with Crippen molar-refractivity contribution < 1.29 is 8.98 Å². The minimum absolute atomic E-state index is 0.0828. The molecule has 1 aliphatic rings.